The van der Waals surface area contributed by atoms with Gasteiger partial charge < -0.3 is 25.9 Å². The normalized spacial score (nSPS) is 11.1. The summed E-state index contributed by atoms with van der Waals surface area (Å²) in [5.41, 5.74) is 14.4. The number of hydrogen-bond acceptors (Lipinski definition) is 4. The predicted octanol–water partition coefficient (Wildman–Crippen LogP) is 4.20. The van der Waals surface area contributed by atoms with Crippen molar-refractivity contribution < 1.29 is 32.6 Å². The number of ether oxygens (including phenoxy) is 1. The van der Waals surface area contributed by atoms with Crippen LogP contribution in [0.15, 0.2) is 53.7 Å². The van der Waals surface area contributed by atoms with E-state index in [1.54, 1.807) is 25.4 Å². The Labute approximate surface area is 206 Å². The number of carbonyl (C=O) groups is 2. The Kier molecular flexibility index (Phi) is 7.39. The summed E-state index contributed by atoms with van der Waals surface area (Å²) in [4.78, 5) is 29.9. The molecule has 0 fully saturated rings. The number of aliphatic carboxylic acids is 1. The van der Waals surface area contributed by atoms with Gasteiger partial charge in [-0.2, -0.15) is 18.2 Å². The minimum absolute atomic E-state index is 0.290. The highest BCUT2D eigenvalue weighted by Gasteiger charge is 2.38. The molecule has 2 aromatic heterocycles. The Morgan fingerprint density at radius 3 is 2.36 bits per heavy atom. The fourth-order valence-electron chi connectivity index (χ4n) is 3.58. The Morgan fingerprint density at radius 2 is 1.78 bits per heavy atom. The van der Waals surface area contributed by atoms with Crippen molar-refractivity contribution in [3.63, 3.8) is 0 Å². The number of carbonyl (C=O) groups excluding carboxylic acids is 1. The summed E-state index contributed by atoms with van der Waals surface area (Å²) >= 11 is 6.13. The summed E-state index contributed by atoms with van der Waals surface area (Å²) in [5.74, 6) is -2.93. The number of nitrogens with zero attached hydrogens (tertiary/aromatic N) is 3. The third kappa shape index (κ3) is 5.33. The number of benzene rings is 2. The lowest BCUT2D eigenvalue weighted by atomic mass is 10.1. The molecule has 0 aliphatic heterocycles. The summed E-state index contributed by atoms with van der Waals surface area (Å²) in [7, 11) is 1.57. The third-order valence-electron chi connectivity index (χ3n) is 5.02. The second-order valence-electron chi connectivity index (χ2n) is 7.32. The monoisotopic (exact) mass is 521 g/mol. The smallest absolute Gasteiger partial charge is 0.490 e. The van der Waals surface area contributed by atoms with Crippen LogP contribution >= 0.6 is 11.6 Å². The van der Waals surface area contributed by atoms with Gasteiger partial charge in [0.25, 0.3) is 5.91 Å². The van der Waals surface area contributed by atoms with Gasteiger partial charge in [0.1, 0.15) is 5.75 Å². The van der Waals surface area contributed by atoms with Crippen molar-refractivity contribution in [1.82, 2.24) is 9.55 Å². The Bertz CT molecular complexity index is 1510. The summed E-state index contributed by atoms with van der Waals surface area (Å²) in [6.07, 6.45) is -3.37. The first-order valence-electron chi connectivity index (χ1n) is 10.0. The number of fused-ring (bicyclic) bond motifs is 2. The van der Waals surface area contributed by atoms with Crippen LogP contribution in [-0.2, 0) is 4.79 Å². The number of amides is 1. The molecule has 1 amide bonds. The van der Waals surface area contributed by atoms with E-state index in [0.717, 1.165) is 22.1 Å². The summed E-state index contributed by atoms with van der Waals surface area (Å²) in [6, 6.07) is 13.0. The van der Waals surface area contributed by atoms with Gasteiger partial charge in [-0.3, -0.25) is 9.78 Å². The van der Waals surface area contributed by atoms with Gasteiger partial charge >= 0.3 is 12.1 Å². The maximum atomic E-state index is 12.8. The number of rotatable bonds is 3. The van der Waals surface area contributed by atoms with E-state index in [2.05, 4.69) is 9.98 Å². The zero-order valence-corrected chi connectivity index (χ0v) is 19.6. The molecule has 0 radical (unpaired) electrons. The van der Waals surface area contributed by atoms with E-state index in [0.29, 0.717) is 27.4 Å². The van der Waals surface area contributed by atoms with Crippen LogP contribution in [0.25, 0.3) is 27.5 Å². The van der Waals surface area contributed by atoms with Gasteiger partial charge in [-0.25, -0.2) is 4.79 Å². The van der Waals surface area contributed by atoms with Crippen LogP contribution in [0.2, 0.25) is 5.02 Å². The van der Waals surface area contributed by atoms with Gasteiger partial charge in [0.05, 0.1) is 29.4 Å². The van der Waals surface area contributed by atoms with Crippen LogP contribution < -0.4 is 16.2 Å². The number of alkyl halides is 3. The van der Waals surface area contributed by atoms with Crippen molar-refractivity contribution in [2.24, 2.45) is 16.5 Å². The molecule has 36 heavy (non-hydrogen) atoms. The van der Waals surface area contributed by atoms with Gasteiger partial charge in [-0.1, -0.05) is 11.6 Å². The number of hydrogen-bond donors (Lipinski definition) is 3. The molecule has 2 heterocycles. The molecule has 0 saturated heterocycles. The number of aromatic nitrogens is 2. The minimum Gasteiger partial charge on any atom is -0.497 e. The van der Waals surface area contributed by atoms with Crippen molar-refractivity contribution in [2.75, 3.05) is 7.11 Å². The molecule has 0 atom stereocenters. The molecular formula is C23H19ClF3N5O4. The average molecular weight is 522 g/mol. The standard InChI is InChI=1S/C21H18ClN5O2.C2HF3O2/c1-11-19(20(28)26-21(23)24)15-10-13(29-2)4-6-17(15)27(11)18-7-8-25-16-9-12(22)3-5-14(16)18;3-2(4,5)1(6)7/h3-10H,1-2H3,(H4,23,24,26,28);(H,6,7). The Hall–Kier alpha value is -4.32. The number of pyridine rings is 1. The lowest BCUT2D eigenvalue weighted by molar-refractivity contribution is -0.192. The van der Waals surface area contributed by atoms with Crippen LogP contribution in [0.5, 0.6) is 5.75 Å². The molecule has 0 aliphatic rings. The van der Waals surface area contributed by atoms with E-state index in [9.17, 15) is 18.0 Å². The molecule has 13 heteroatoms. The second kappa shape index (κ2) is 10.1. The van der Waals surface area contributed by atoms with Gasteiger partial charge in [-0.15, -0.1) is 0 Å². The van der Waals surface area contributed by atoms with Gasteiger partial charge in [0.2, 0.25) is 0 Å². The Morgan fingerprint density at radius 1 is 1.11 bits per heavy atom. The van der Waals surface area contributed by atoms with Crippen molar-refractivity contribution in [3.05, 3.63) is 64.9 Å². The van der Waals surface area contributed by atoms with Gasteiger partial charge in [0.15, 0.2) is 5.96 Å². The average Bonchev–Trinajstić information content (AvgIpc) is 3.08. The molecule has 2 aromatic carbocycles. The minimum atomic E-state index is -5.08. The van der Waals surface area contributed by atoms with Crippen molar-refractivity contribution >= 4 is 51.2 Å². The first-order valence-corrected chi connectivity index (χ1v) is 10.4. The lowest BCUT2D eigenvalue weighted by Crippen LogP contribution is -2.24. The van der Waals surface area contributed by atoms with Crippen LogP contribution in [0, 0.1) is 6.92 Å². The molecule has 0 bridgehead atoms. The Balaban J connectivity index is 0.000000454. The van der Waals surface area contributed by atoms with Crippen LogP contribution in [0.1, 0.15) is 16.1 Å². The largest absolute Gasteiger partial charge is 0.497 e. The highest BCUT2D eigenvalue weighted by atomic mass is 35.5. The first kappa shape index (κ1) is 26.3. The topological polar surface area (TPSA) is 146 Å². The molecule has 9 nitrogen and oxygen atoms in total. The number of carboxylic acid groups (broad SMARTS) is 1. The lowest BCUT2D eigenvalue weighted by Gasteiger charge is -2.12. The van der Waals surface area contributed by atoms with Crippen LogP contribution in [0.3, 0.4) is 0 Å². The molecule has 188 valence electrons. The SMILES string of the molecule is COc1ccc2c(c1)c(C(=O)N=C(N)N)c(C)n2-c1ccnc2cc(Cl)ccc12.O=C(O)C(F)(F)F. The highest BCUT2D eigenvalue weighted by molar-refractivity contribution is 6.31. The summed E-state index contributed by atoms with van der Waals surface area (Å²) < 4.78 is 39.1. The zero-order valence-electron chi connectivity index (χ0n) is 18.8. The molecular weight excluding hydrogens is 503 g/mol. The molecule has 0 aliphatic carbocycles. The van der Waals surface area contributed by atoms with E-state index in [4.69, 9.17) is 37.7 Å². The number of methoxy groups -OCH3 is 1. The van der Waals surface area contributed by atoms with Crippen molar-refractivity contribution in [2.45, 2.75) is 13.1 Å². The van der Waals surface area contributed by atoms with E-state index < -0.39 is 18.1 Å². The highest BCUT2D eigenvalue weighted by Crippen LogP contribution is 2.35. The van der Waals surface area contributed by atoms with E-state index in [1.807, 2.05) is 41.8 Å². The first-order chi connectivity index (χ1) is 16.8. The van der Waals surface area contributed by atoms with Crippen LogP contribution in [-0.4, -0.2) is 45.8 Å². The second-order valence-corrected chi connectivity index (χ2v) is 7.75. The molecule has 5 N–H and O–H groups in total. The molecule has 0 saturated carbocycles. The summed E-state index contributed by atoms with van der Waals surface area (Å²) in [6.45, 7) is 1.85. The van der Waals surface area contributed by atoms with Gasteiger partial charge in [0, 0.05) is 27.7 Å². The van der Waals surface area contributed by atoms with Crippen LogP contribution in [0.4, 0.5) is 13.2 Å². The van der Waals surface area contributed by atoms with Crippen molar-refractivity contribution in [1.29, 1.82) is 0 Å². The predicted molar refractivity (Wildman–Crippen MR) is 129 cm³/mol. The number of halogens is 4. The molecule has 4 rings (SSSR count). The number of carboxylic acids is 1. The third-order valence-corrected chi connectivity index (χ3v) is 5.26. The molecule has 4 aromatic rings. The maximum Gasteiger partial charge on any atom is 0.490 e. The number of aliphatic imine (C=N–C) groups is 1. The number of guanidine groups is 1. The van der Waals surface area contributed by atoms with E-state index in [-0.39, 0.29) is 5.96 Å². The quantitative estimate of drug-likeness (QED) is 0.270. The molecule has 0 spiro atoms. The molecule has 0 unspecified atom stereocenters. The maximum absolute atomic E-state index is 12.8. The van der Waals surface area contributed by atoms with Crippen molar-refractivity contribution in [3.8, 4) is 11.4 Å². The van der Waals surface area contributed by atoms with E-state index >= 15 is 0 Å². The van der Waals surface area contributed by atoms with Gasteiger partial charge in [-0.05, 0) is 49.4 Å². The number of nitrogens with two attached hydrogens (primary N) is 2. The summed E-state index contributed by atoms with van der Waals surface area (Å²) in [5, 5.41) is 9.31. The fourth-order valence-corrected chi connectivity index (χ4v) is 3.75. The zero-order chi connectivity index (χ0) is 26.8. The van der Waals surface area contributed by atoms with E-state index in [1.165, 1.54) is 0 Å². The fraction of sp³-hybridized carbons (Fsp3) is 0.130.